The number of carbonyl (C=O) groups is 3. The summed E-state index contributed by atoms with van der Waals surface area (Å²) < 4.78 is 13.1. The van der Waals surface area contributed by atoms with Crippen LogP contribution in [0.3, 0.4) is 0 Å². The number of carbonyl (C=O) groups excluding carboxylic acids is 3. The van der Waals surface area contributed by atoms with Gasteiger partial charge in [0.2, 0.25) is 0 Å². The van der Waals surface area contributed by atoms with Gasteiger partial charge in [-0.05, 0) is 38.5 Å². The minimum atomic E-state index is -1.52. The molecule has 1 aliphatic rings. The lowest BCUT2D eigenvalue weighted by Crippen LogP contribution is -2.53. The monoisotopic (exact) mass is 306 g/mol. The van der Waals surface area contributed by atoms with E-state index >= 15 is 0 Å². The lowest BCUT2D eigenvalue weighted by molar-refractivity contribution is -0.151. The number of hydrogen-bond donors (Lipinski definition) is 1. The molecule has 4 atom stereocenters. The minimum Gasteiger partial charge on any atom is -0.389 e. The average Bonchev–Trinajstić information content (AvgIpc) is 2.36. The SMILES string of the molecule is CC(=O)[C@H]1C(=O)C[C@@](C)(O)[C@H](C(C)=O)[C@H]1c1ccc(F)cc1. The Hall–Kier alpha value is -1.88. The van der Waals surface area contributed by atoms with Crippen molar-refractivity contribution in [3.05, 3.63) is 35.6 Å². The van der Waals surface area contributed by atoms with Gasteiger partial charge in [0, 0.05) is 12.3 Å². The average molecular weight is 306 g/mol. The van der Waals surface area contributed by atoms with Crippen LogP contribution in [0.25, 0.3) is 0 Å². The Bertz CT molecular complexity index is 618. The van der Waals surface area contributed by atoms with Crippen molar-refractivity contribution in [3.63, 3.8) is 0 Å². The highest BCUT2D eigenvalue weighted by Gasteiger charge is 2.53. The van der Waals surface area contributed by atoms with Gasteiger partial charge in [0.15, 0.2) is 0 Å². The zero-order valence-corrected chi connectivity index (χ0v) is 12.8. The van der Waals surface area contributed by atoms with Crippen molar-refractivity contribution in [1.82, 2.24) is 0 Å². The van der Waals surface area contributed by atoms with Gasteiger partial charge in [-0.1, -0.05) is 12.1 Å². The van der Waals surface area contributed by atoms with Gasteiger partial charge in [0.1, 0.15) is 23.2 Å². The number of halogens is 1. The molecular formula is C17H19FO4. The van der Waals surface area contributed by atoms with Crippen molar-refractivity contribution in [2.75, 3.05) is 0 Å². The van der Waals surface area contributed by atoms with E-state index in [4.69, 9.17) is 0 Å². The third kappa shape index (κ3) is 2.86. The molecule has 0 heterocycles. The molecule has 1 aliphatic carbocycles. The summed E-state index contributed by atoms with van der Waals surface area (Å²) in [7, 11) is 0. The standard InChI is InChI=1S/C17H19FO4/c1-9(19)14-13(21)8-17(3,22)16(10(2)20)15(14)11-4-6-12(18)7-5-11/h4-7,14-16,22H,8H2,1-3H3/t14-,15-,16+,17+/m0/s1. The zero-order valence-electron chi connectivity index (χ0n) is 12.8. The molecule has 0 aromatic heterocycles. The first-order valence-electron chi connectivity index (χ1n) is 7.16. The Morgan fingerprint density at radius 1 is 1.18 bits per heavy atom. The van der Waals surface area contributed by atoms with Crippen molar-refractivity contribution in [1.29, 1.82) is 0 Å². The summed E-state index contributed by atoms with van der Waals surface area (Å²) in [6, 6.07) is 5.36. The summed E-state index contributed by atoms with van der Waals surface area (Å²) in [6.07, 6.45) is -0.237. The Kier molecular flexibility index (Phi) is 4.29. The van der Waals surface area contributed by atoms with Gasteiger partial charge in [-0.3, -0.25) is 14.4 Å². The molecule has 1 N–H and O–H groups in total. The molecule has 2 rings (SSSR count). The van der Waals surface area contributed by atoms with Crippen LogP contribution in [-0.4, -0.2) is 28.1 Å². The van der Waals surface area contributed by atoms with E-state index in [1.54, 1.807) is 0 Å². The summed E-state index contributed by atoms with van der Waals surface area (Å²) in [6.45, 7) is 4.07. The normalized spacial score (nSPS) is 31.9. The smallest absolute Gasteiger partial charge is 0.146 e. The fraction of sp³-hybridized carbons (Fsp3) is 0.471. The van der Waals surface area contributed by atoms with Gasteiger partial charge in [-0.2, -0.15) is 0 Å². The summed E-state index contributed by atoms with van der Waals surface area (Å²) in [5.74, 6) is -4.11. The fourth-order valence-electron chi connectivity index (χ4n) is 3.59. The van der Waals surface area contributed by atoms with E-state index in [9.17, 15) is 23.9 Å². The number of ketones is 3. The lowest BCUT2D eigenvalue weighted by atomic mass is 9.60. The number of rotatable bonds is 3. The highest BCUT2D eigenvalue weighted by Crippen LogP contribution is 2.46. The molecule has 0 unspecified atom stereocenters. The number of hydrogen-bond acceptors (Lipinski definition) is 4. The van der Waals surface area contributed by atoms with E-state index in [1.807, 2.05) is 0 Å². The second kappa shape index (κ2) is 5.72. The van der Waals surface area contributed by atoms with E-state index in [1.165, 1.54) is 45.0 Å². The molecule has 1 fully saturated rings. The highest BCUT2D eigenvalue weighted by molar-refractivity contribution is 6.05. The molecule has 1 saturated carbocycles. The fourth-order valence-corrected chi connectivity index (χ4v) is 3.59. The second-order valence-electron chi connectivity index (χ2n) is 6.25. The molecular weight excluding hydrogens is 287 g/mol. The Balaban J connectivity index is 2.61. The van der Waals surface area contributed by atoms with Gasteiger partial charge in [0.25, 0.3) is 0 Å². The summed E-state index contributed by atoms with van der Waals surface area (Å²) in [4.78, 5) is 36.3. The molecule has 0 amide bonds. The minimum absolute atomic E-state index is 0.237. The lowest BCUT2D eigenvalue weighted by Gasteiger charge is -2.44. The summed E-state index contributed by atoms with van der Waals surface area (Å²) in [5, 5.41) is 10.5. The Labute approximate surface area is 128 Å². The van der Waals surface area contributed by atoms with Crippen LogP contribution in [0.2, 0.25) is 0 Å². The topological polar surface area (TPSA) is 71.4 Å². The largest absolute Gasteiger partial charge is 0.389 e. The maximum Gasteiger partial charge on any atom is 0.146 e. The molecule has 118 valence electrons. The molecule has 0 bridgehead atoms. The molecule has 5 heteroatoms. The zero-order chi connectivity index (χ0) is 16.7. The van der Waals surface area contributed by atoms with Crippen LogP contribution in [0, 0.1) is 17.7 Å². The van der Waals surface area contributed by atoms with Crippen LogP contribution in [0.15, 0.2) is 24.3 Å². The van der Waals surface area contributed by atoms with Gasteiger partial charge < -0.3 is 5.11 Å². The van der Waals surface area contributed by atoms with Crippen LogP contribution >= 0.6 is 0 Å². The van der Waals surface area contributed by atoms with E-state index < -0.39 is 29.2 Å². The molecule has 0 saturated heterocycles. The molecule has 1 aromatic rings. The van der Waals surface area contributed by atoms with E-state index in [2.05, 4.69) is 0 Å². The van der Waals surface area contributed by atoms with E-state index in [-0.39, 0.29) is 23.8 Å². The van der Waals surface area contributed by atoms with Gasteiger partial charge in [0.05, 0.1) is 17.4 Å². The third-order valence-electron chi connectivity index (χ3n) is 4.40. The van der Waals surface area contributed by atoms with Crippen molar-refractivity contribution >= 4 is 17.3 Å². The molecule has 22 heavy (non-hydrogen) atoms. The molecule has 1 aromatic carbocycles. The summed E-state index contributed by atoms with van der Waals surface area (Å²) >= 11 is 0. The van der Waals surface area contributed by atoms with Crippen LogP contribution in [0.1, 0.15) is 38.7 Å². The molecule has 0 aliphatic heterocycles. The van der Waals surface area contributed by atoms with Crippen molar-refractivity contribution in [2.24, 2.45) is 11.8 Å². The first kappa shape index (κ1) is 16.5. The number of Topliss-reactive ketones (excluding diaryl/α,β-unsaturated/α-hetero) is 3. The van der Waals surface area contributed by atoms with E-state index in [0.29, 0.717) is 5.56 Å². The maximum absolute atomic E-state index is 13.1. The van der Waals surface area contributed by atoms with Gasteiger partial charge in [-0.25, -0.2) is 4.39 Å². The van der Waals surface area contributed by atoms with Crippen molar-refractivity contribution in [3.8, 4) is 0 Å². The van der Waals surface area contributed by atoms with Crippen LogP contribution < -0.4 is 0 Å². The highest BCUT2D eigenvalue weighted by atomic mass is 19.1. The molecule has 0 radical (unpaired) electrons. The second-order valence-corrected chi connectivity index (χ2v) is 6.25. The first-order chi connectivity index (χ1) is 10.1. The van der Waals surface area contributed by atoms with Crippen molar-refractivity contribution < 1.29 is 23.9 Å². The maximum atomic E-state index is 13.1. The predicted molar refractivity (Wildman–Crippen MR) is 77.7 cm³/mol. The predicted octanol–water partition coefficient (Wildman–Crippen LogP) is 2.04. The van der Waals surface area contributed by atoms with Crippen LogP contribution in [0.5, 0.6) is 0 Å². The quantitative estimate of drug-likeness (QED) is 0.868. The first-order valence-corrected chi connectivity index (χ1v) is 7.16. The molecule has 0 spiro atoms. The summed E-state index contributed by atoms with van der Waals surface area (Å²) in [5.41, 5.74) is -1.01. The van der Waals surface area contributed by atoms with Crippen molar-refractivity contribution in [2.45, 2.75) is 38.7 Å². The Morgan fingerprint density at radius 3 is 2.18 bits per heavy atom. The number of benzene rings is 1. The number of aliphatic hydroxyl groups is 1. The third-order valence-corrected chi connectivity index (χ3v) is 4.40. The molecule has 4 nitrogen and oxygen atoms in total. The van der Waals surface area contributed by atoms with E-state index in [0.717, 1.165) is 0 Å². The van der Waals surface area contributed by atoms with Gasteiger partial charge in [-0.15, -0.1) is 0 Å². The van der Waals surface area contributed by atoms with Crippen LogP contribution in [0.4, 0.5) is 4.39 Å². The Morgan fingerprint density at radius 2 is 1.73 bits per heavy atom. The van der Waals surface area contributed by atoms with Crippen LogP contribution in [-0.2, 0) is 14.4 Å². The van der Waals surface area contributed by atoms with Gasteiger partial charge >= 0.3 is 0 Å².